The zero-order chi connectivity index (χ0) is 12.2. The normalized spacial score (nSPS) is 12.0. The number of hydrogen-bond donors (Lipinski definition) is 1. The van der Waals surface area contributed by atoms with Crippen LogP contribution in [0.25, 0.3) is 6.08 Å². The maximum atomic E-state index is 11.7. The van der Waals surface area contributed by atoms with Crippen LogP contribution < -0.4 is 5.32 Å². The minimum absolute atomic E-state index is 0.560. The number of hydrogen-bond acceptors (Lipinski definition) is 3. The predicted molar refractivity (Wildman–Crippen MR) is 54.9 cm³/mol. The molecule has 0 atom stereocenters. The molecule has 0 aromatic carbocycles. The third-order valence-corrected chi connectivity index (χ3v) is 2.30. The van der Waals surface area contributed by atoms with Crippen LogP contribution in [0.1, 0.15) is 10.7 Å². The first-order valence-electron chi connectivity index (χ1n) is 4.31. The largest absolute Gasteiger partial charge is 0.405 e. The zero-order valence-corrected chi connectivity index (χ0v) is 9.15. The van der Waals surface area contributed by atoms with E-state index in [2.05, 4.69) is 4.98 Å². The first-order valence-corrected chi connectivity index (χ1v) is 5.19. The van der Waals surface area contributed by atoms with Gasteiger partial charge in [0.15, 0.2) is 0 Å². The summed E-state index contributed by atoms with van der Waals surface area (Å²) < 4.78 is 35.2. The maximum absolute atomic E-state index is 11.7. The standard InChI is InChI=1S/C9H9F3N2OS/c1-6-14-7(4-16-6)2-3-8(15)13-5-9(10,11)12/h2-4H,5H2,1H3,(H,13,15). The van der Waals surface area contributed by atoms with Crippen molar-refractivity contribution in [2.75, 3.05) is 6.54 Å². The van der Waals surface area contributed by atoms with Gasteiger partial charge in [-0.2, -0.15) is 13.2 Å². The molecule has 0 aliphatic carbocycles. The van der Waals surface area contributed by atoms with Crippen molar-refractivity contribution in [1.29, 1.82) is 0 Å². The Morgan fingerprint density at radius 3 is 2.81 bits per heavy atom. The summed E-state index contributed by atoms with van der Waals surface area (Å²) in [7, 11) is 0. The van der Waals surface area contributed by atoms with Gasteiger partial charge < -0.3 is 5.32 Å². The number of aryl methyl sites for hydroxylation is 1. The van der Waals surface area contributed by atoms with Crippen LogP contribution in [-0.2, 0) is 4.79 Å². The van der Waals surface area contributed by atoms with Crippen molar-refractivity contribution >= 4 is 23.3 Å². The van der Waals surface area contributed by atoms with E-state index in [1.165, 1.54) is 17.4 Å². The highest BCUT2D eigenvalue weighted by Crippen LogP contribution is 2.12. The molecule has 0 radical (unpaired) electrons. The van der Waals surface area contributed by atoms with Crippen molar-refractivity contribution in [2.45, 2.75) is 13.1 Å². The second-order valence-corrected chi connectivity index (χ2v) is 4.02. The lowest BCUT2D eigenvalue weighted by atomic mass is 10.4. The van der Waals surface area contributed by atoms with Crippen LogP contribution in [0.2, 0.25) is 0 Å². The SMILES string of the molecule is Cc1nc(C=CC(=O)NCC(F)(F)F)cs1. The van der Waals surface area contributed by atoms with Crippen LogP contribution in [0.15, 0.2) is 11.5 Å². The monoisotopic (exact) mass is 250 g/mol. The molecule has 0 aliphatic rings. The molecule has 0 spiro atoms. The summed E-state index contributed by atoms with van der Waals surface area (Å²) in [6, 6.07) is 0. The number of halogens is 3. The van der Waals surface area contributed by atoms with Gasteiger partial charge in [0.2, 0.25) is 5.91 Å². The van der Waals surface area contributed by atoms with E-state index >= 15 is 0 Å². The van der Waals surface area contributed by atoms with E-state index < -0.39 is 18.6 Å². The van der Waals surface area contributed by atoms with Gasteiger partial charge in [0.25, 0.3) is 0 Å². The number of amides is 1. The fraction of sp³-hybridized carbons (Fsp3) is 0.333. The van der Waals surface area contributed by atoms with E-state index in [0.717, 1.165) is 11.1 Å². The van der Waals surface area contributed by atoms with Crippen molar-refractivity contribution < 1.29 is 18.0 Å². The van der Waals surface area contributed by atoms with Crippen molar-refractivity contribution in [3.63, 3.8) is 0 Å². The second kappa shape index (κ2) is 5.11. The molecule has 1 rings (SSSR count). The average molecular weight is 250 g/mol. The summed E-state index contributed by atoms with van der Waals surface area (Å²) in [5.41, 5.74) is 0.560. The molecule has 0 bridgehead atoms. The number of alkyl halides is 3. The van der Waals surface area contributed by atoms with Gasteiger partial charge in [-0.05, 0) is 13.0 Å². The van der Waals surface area contributed by atoms with Crippen LogP contribution in [0.3, 0.4) is 0 Å². The molecule has 16 heavy (non-hydrogen) atoms. The van der Waals surface area contributed by atoms with Gasteiger partial charge in [0.1, 0.15) is 6.54 Å². The lowest BCUT2D eigenvalue weighted by Gasteiger charge is -2.05. The Labute approximate surface area is 94.0 Å². The predicted octanol–water partition coefficient (Wildman–Crippen LogP) is 2.14. The first-order chi connectivity index (χ1) is 7.37. The number of aromatic nitrogens is 1. The van der Waals surface area contributed by atoms with Crippen molar-refractivity contribution in [1.82, 2.24) is 10.3 Å². The lowest BCUT2D eigenvalue weighted by molar-refractivity contribution is -0.135. The van der Waals surface area contributed by atoms with Gasteiger partial charge in [-0.3, -0.25) is 4.79 Å². The lowest BCUT2D eigenvalue weighted by Crippen LogP contribution is -2.32. The summed E-state index contributed by atoms with van der Waals surface area (Å²) in [6.45, 7) is 0.470. The quantitative estimate of drug-likeness (QED) is 0.835. The topological polar surface area (TPSA) is 42.0 Å². The van der Waals surface area contributed by atoms with E-state index in [9.17, 15) is 18.0 Å². The molecule has 1 amide bonds. The average Bonchev–Trinajstić information content (AvgIpc) is 2.57. The van der Waals surface area contributed by atoms with Gasteiger partial charge in [-0.1, -0.05) is 0 Å². The molecule has 7 heteroatoms. The summed E-state index contributed by atoms with van der Waals surface area (Å²) in [5, 5.41) is 4.26. The van der Waals surface area contributed by atoms with Crippen molar-refractivity contribution in [3.8, 4) is 0 Å². The number of carbonyl (C=O) groups is 1. The number of rotatable bonds is 3. The third kappa shape index (κ3) is 4.92. The molecule has 1 aromatic rings. The minimum Gasteiger partial charge on any atom is -0.343 e. The molecule has 0 fully saturated rings. The molecule has 0 saturated heterocycles. The summed E-state index contributed by atoms with van der Waals surface area (Å²) in [4.78, 5) is 15.0. The third-order valence-electron chi connectivity index (χ3n) is 1.51. The second-order valence-electron chi connectivity index (χ2n) is 2.96. The Morgan fingerprint density at radius 2 is 2.31 bits per heavy atom. The van der Waals surface area contributed by atoms with Crippen LogP contribution in [-0.4, -0.2) is 23.6 Å². The van der Waals surface area contributed by atoms with E-state index in [-0.39, 0.29) is 0 Å². The van der Waals surface area contributed by atoms with E-state index in [1.807, 2.05) is 0 Å². The number of nitrogens with one attached hydrogen (secondary N) is 1. The Hall–Kier alpha value is -1.37. The van der Waals surface area contributed by atoms with Crippen LogP contribution >= 0.6 is 11.3 Å². The summed E-state index contributed by atoms with van der Waals surface area (Å²) in [5.74, 6) is -0.789. The molecule has 88 valence electrons. The fourth-order valence-corrected chi connectivity index (χ4v) is 1.44. The zero-order valence-electron chi connectivity index (χ0n) is 8.34. The van der Waals surface area contributed by atoms with Gasteiger partial charge in [0.05, 0.1) is 10.7 Å². The van der Waals surface area contributed by atoms with Crippen molar-refractivity contribution in [3.05, 3.63) is 22.2 Å². The molecule has 0 saturated carbocycles. The van der Waals surface area contributed by atoms with Crippen LogP contribution in [0.5, 0.6) is 0 Å². The van der Waals surface area contributed by atoms with Gasteiger partial charge in [-0.25, -0.2) is 4.98 Å². The molecule has 0 aliphatic heterocycles. The van der Waals surface area contributed by atoms with E-state index in [1.54, 1.807) is 17.6 Å². The molecule has 3 nitrogen and oxygen atoms in total. The highest BCUT2D eigenvalue weighted by atomic mass is 32.1. The Bertz CT molecular complexity index is 398. The highest BCUT2D eigenvalue weighted by Gasteiger charge is 2.27. The number of nitrogens with zero attached hydrogens (tertiary/aromatic N) is 1. The Kier molecular flexibility index (Phi) is 4.05. The highest BCUT2D eigenvalue weighted by molar-refractivity contribution is 7.09. The van der Waals surface area contributed by atoms with Crippen LogP contribution in [0.4, 0.5) is 13.2 Å². The Balaban J connectivity index is 2.43. The van der Waals surface area contributed by atoms with Crippen molar-refractivity contribution in [2.24, 2.45) is 0 Å². The summed E-state index contributed by atoms with van der Waals surface area (Å²) >= 11 is 1.40. The number of carbonyl (C=O) groups excluding carboxylic acids is 1. The molecular weight excluding hydrogens is 241 g/mol. The molecule has 1 N–H and O–H groups in total. The summed E-state index contributed by atoms with van der Waals surface area (Å²) in [6.07, 6.45) is -1.99. The molecule has 1 heterocycles. The molecule has 0 unspecified atom stereocenters. The Morgan fingerprint density at radius 1 is 1.62 bits per heavy atom. The smallest absolute Gasteiger partial charge is 0.343 e. The minimum atomic E-state index is -4.39. The fourth-order valence-electron chi connectivity index (χ4n) is 0.864. The van der Waals surface area contributed by atoms with Crippen LogP contribution in [0, 0.1) is 6.92 Å². The maximum Gasteiger partial charge on any atom is 0.405 e. The van der Waals surface area contributed by atoms with Gasteiger partial charge in [-0.15, -0.1) is 11.3 Å². The van der Waals surface area contributed by atoms with Gasteiger partial charge in [0, 0.05) is 11.5 Å². The van der Waals surface area contributed by atoms with E-state index in [0.29, 0.717) is 5.69 Å². The van der Waals surface area contributed by atoms with Gasteiger partial charge >= 0.3 is 6.18 Å². The number of thiazole rings is 1. The van der Waals surface area contributed by atoms with E-state index in [4.69, 9.17) is 0 Å². The first kappa shape index (κ1) is 12.7. The molecule has 1 aromatic heterocycles. The molecular formula is C9H9F3N2OS.